The number of guanidine groups is 1. The first-order valence-corrected chi connectivity index (χ1v) is 5.01. The lowest BCUT2D eigenvalue weighted by molar-refractivity contribution is 0.586. The van der Waals surface area contributed by atoms with Crippen molar-refractivity contribution in [3.05, 3.63) is 29.8 Å². The van der Waals surface area contributed by atoms with E-state index < -0.39 is 11.6 Å². The molecule has 0 aliphatic rings. The minimum absolute atomic E-state index is 0.117. The monoisotopic (exact) mass is 227 g/mol. The molecule has 0 unspecified atom stereocenters. The lowest BCUT2D eigenvalue weighted by atomic mass is 10.2. The molecule has 3 nitrogen and oxygen atoms in total. The van der Waals surface area contributed by atoms with Crippen LogP contribution in [-0.2, 0) is 0 Å². The molecule has 0 saturated heterocycles. The maximum Gasteiger partial charge on any atom is 0.193 e. The number of hydrogen-bond donors (Lipinski definition) is 2. The summed E-state index contributed by atoms with van der Waals surface area (Å²) in [5.41, 5.74) is 5.66. The lowest BCUT2D eigenvalue weighted by Crippen LogP contribution is -2.24. The normalized spacial score (nSPS) is 11.9. The third-order valence-corrected chi connectivity index (χ3v) is 1.82. The zero-order valence-electron chi connectivity index (χ0n) is 9.30. The Morgan fingerprint density at radius 1 is 1.44 bits per heavy atom. The van der Waals surface area contributed by atoms with Crippen molar-refractivity contribution in [3.8, 4) is 0 Å². The number of aliphatic imine (C=N–C) groups is 1. The first-order chi connectivity index (χ1) is 7.49. The van der Waals surface area contributed by atoms with E-state index in [0.717, 1.165) is 12.1 Å². The minimum atomic E-state index is -0.692. The largest absolute Gasteiger partial charge is 0.370 e. The Morgan fingerprint density at radius 3 is 2.69 bits per heavy atom. The van der Waals surface area contributed by atoms with Crippen LogP contribution < -0.4 is 11.1 Å². The molecule has 0 atom stereocenters. The molecule has 16 heavy (non-hydrogen) atoms. The van der Waals surface area contributed by atoms with Crippen LogP contribution in [0.1, 0.15) is 13.8 Å². The second-order valence-corrected chi connectivity index (χ2v) is 3.87. The summed E-state index contributed by atoms with van der Waals surface area (Å²) in [6.07, 6.45) is 0. The molecule has 3 N–H and O–H groups in total. The van der Waals surface area contributed by atoms with E-state index >= 15 is 0 Å². The quantitative estimate of drug-likeness (QED) is 0.615. The van der Waals surface area contributed by atoms with E-state index in [9.17, 15) is 8.78 Å². The van der Waals surface area contributed by atoms with Crippen LogP contribution in [-0.4, -0.2) is 12.5 Å². The van der Waals surface area contributed by atoms with Crippen molar-refractivity contribution in [1.29, 1.82) is 0 Å². The van der Waals surface area contributed by atoms with Gasteiger partial charge in [-0.25, -0.2) is 8.78 Å². The number of rotatable bonds is 3. The summed E-state index contributed by atoms with van der Waals surface area (Å²) in [6.45, 7) is 4.55. The van der Waals surface area contributed by atoms with Gasteiger partial charge < -0.3 is 11.1 Å². The number of halogens is 2. The second-order valence-electron chi connectivity index (χ2n) is 3.87. The van der Waals surface area contributed by atoms with E-state index in [-0.39, 0.29) is 11.6 Å². The highest BCUT2D eigenvalue weighted by Gasteiger charge is 2.04. The van der Waals surface area contributed by atoms with Crippen molar-refractivity contribution in [1.82, 2.24) is 0 Å². The molecular weight excluding hydrogens is 212 g/mol. The van der Waals surface area contributed by atoms with Gasteiger partial charge in [0.1, 0.15) is 11.6 Å². The molecule has 1 aromatic rings. The first kappa shape index (κ1) is 12.4. The number of nitrogens with one attached hydrogen (secondary N) is 1. The van der Waals surface area contributed by atoms with Crippen LogP contribution in [0.5, 0.6) is 0 Å². The van der Waals surface area contributed by atoms with Gasteiger partial charge in [-0.3, -0.25) is 4.99 Å². The van der Waals surface area contributed by atoms with Gasteiger partial charge >= 0.3 is 0 Å². The van der Waals surface area contributed by atoms with Crippen LogP contribution in [0.4, 0.5) is 14.5 Å². The molecule has 5 heteroatoms. The third kappa shape index (κ3) is 3.84. The summed E-state index contributed by atoms with van der Waals surface area (Å²) in [5.74, 6) is -0.818. The predicted octanol–water partition coefficient (Wildman–Crippen LogP) is 2.35. The molecule has 0 saturated carbocycles. The van der Waals surface area contributed by atoms with E-state index in [1.54, 1.807) is 0 Å². The van der Waals surface area contributed by atoms with Crippen LogP contribution in [0.3, 0.4) is 0 Å². The minimum Gasteiger partial charge on any atom is -0.370 e. The molecule has 0 amide bonds. The fraction of sp³-hybridized carbons (Fsp3) is 0.364. The van der Waals surface area contributed by atoms with Gasteiger partial charge in [0.2, 0.25) is 0 Å². The Morgan fingerprint density at radius 2 is 2.12 bits per heavy atom. The van der Waals surface area contributed by atoms with Gasteiger partial charge in [0.05, 0.1) is 5.69 Å². The SMILES string of the molecule is CC(C)CN=C(N)Nc1ccc(F)cc1F. The van der Waals surface area contributed by atoms with Gasteiger partial charge in [-0.1, -0.05) is 13.8 Å². The van der Waals surface area contributed by atoms with Crippen LogP contribution in [0, 0.1) is 17.6 Å². The molecule has 0 spiro atoms. The predicted molar refractivity (Wildman–Crippen MR) is 61.3 cm³/mol. The molecule has 0 aliphatic heterocycles. The molecule has 0 heterocycles. The number of nitrogens with two attached hydrogens (primary N) is 1. The number of hydrogen-bond acceptors (Lipinski definition) is 1. The molecule has 0 fully saturated rings. The van der Waals surface area contributed by atoms with Gasteiger partial charge in [-0.15, -0.1) is 0 Å². The summed E-state index contributed by atoms with van der Waals surface area (Å²) in [4.78, 5) is 4.01. The summed E-state index contributed by atoms with van der Waals surface area (Å²) in [6, 6.07) is 3.22. The van der Waals surface area contributed by atoms with Crippen LogP contribution in [0.2, 0.25) is 0 Å². The smallest absolute Gasteiger partial charge is 0.193 e. The number of anilines is 1. The van der Waals surface area contributed by atoms with Crippen LogP contribution >= 0.6 is 0 Å². The summed E-state index contributed by atoms with van der Waals surface area (Å²) >= 11 is 0. The molecule has 0 aliphatic carbocycles. The Hall–Kier alpha value is -1.65. The van der Waals surface area contributed by atoms with E-state index in [4.69, 9.17) is 5.73 Å². The van der Waals surface area contributed by atoms with E-state index in [2.05, 4.69) is 10.3 Å². The molecule has 0 bridgehead atoms. The topological polar surface area (TPSA) is 50.4 Å². The zero-order chi connectivity index (χ0) is 12.1. The van der Waals surface area contributed by atoms with Crippen molar-refractivity contribution in [2.75, 3.05) is 11.9 Å². The Labute approximate surface area is 93.4 Å². The average Bonchev–Trinajstić information content (AvgIpc) is 2.19. The highest BCUT2D eigenvalue weighted by Crippen LogP contribution is 2.14. The van der Waals surface area contributed by atoms with Crippen molar-refractivity contribution < 1.29 is 8.78 Å². The highest BCUT2D eigenvalue weighted by atomic mass is 19.1. The molecule has 0 radical (unpaired) electrons. The van der Waals surface area contributed by atoms with E-state index in [1.807, 2.05) is 13.8 Å². The Kier molecular flexibility index (Phi) is 4.22. The first-order valence-electron chi connectivity index (χ1n) is 5.01. The highest BCUT2D eigenvalue weighted by molar-refractivity contribution is 5.92. The van der Waals surface area contributed by atoms with Crippen LogP contribution in [0.15, 0.2) is 23.2 Å². The lowest BCUT2D eigenvalue weighted by Gasteiger charge is -2.07. The van der Waals surface area contributed by atoms with E-state index in [0.29, 0.717) is 12.5 Å². The van der Waals surface area contributed by atoms with E-state index in [1.165, 1.54) is 6.07 Å². The summed E-state index contributed by atoms with van der Waals surface area (Å²) in [5, 5.41) is 2.58. The maximum atomic E-state index is 13.2. The Balaban J connectivity index is 2.69. The third-order valence-electron chi connectivity index (χ3n) is 1.82. The number of benzene rings is 1. The fourth-order valence-corrected chi connectivity index (χ4v) is 1.05. The summed E-state index contributed by atoms with van der Waals surface area (Å²) in [7, 11) is 0. The Bertz CT molecular complexity index is 389. The number of nitrogens with zero attached hydrogens (tertiary/aromatic N) is 1. The average molecular weight is 227 g/mol. The van der Waals surface area contributed by atoms with Crippen molar-refractivity contribution in [2.45, 2.75) is 13.8 Å². The fourth-order valence-electron chi connectivity index (χ4n) is 1.05. The molecule has 1 rings (SSSR count). The molecule has 88 valence electrons. The van der Waals surface area contributed by atoms with Gasteiger partial charge in [0, 0.05) is 12.6 Å². The second kappa shape index (κ2) is 5.44. The summed E-state index contributed by atoms with van der Waals surface area (Å²) < 4.78 is 25.8. The zero-order valence-corrected chi connectivity index (χ0v) is 9.30. The van der Waals surface area contributed by atoms with Crippen molar-refractivity contribution >= 4 is 11.6 Å². The van der Waals surface area contributed by atoms with Gasteiger partial charge in [-0.2, -0.15) is 0 Å². The van der Waals surface area contributed by atoms with Gasteiger partial charge in [0.25, 0.3) is 0 Å². The molecule has 0 aromatic heterocycles. The maximum absolute atomic E-state index is 13.2. The standard InChI is InChI=1S/C11H15F2N3/c1-7(2)6-15-11(14)16-10-4-3-8(12)5-9(10)13/h3-5,7H,6H2,1-2H3,(H3,14,15,16). The van der Waals surface area contributed by atoms with Crippen LogP contribution in [0.25, 0.3) is 0 Å². The van der Waals surface area contributed by atoms with Gasteiger partial charge in [-0.05, 0) is 18.1 Å². The molecular formula is C11H15F2N3. The van der Waals surface area contributed by atoms with Crippen molar-refractivity contribution in [3.63, 3.8) is 0 Å². The molecule has 1 aromatic carbocycles. The van der Waals surface area contributed by atoms with Gasteiger partial charge in [0.15, 0.2) is 5.96 Å². The van der Waals surface area contributed by atoms with Crippen molar-refractivity contribution in [2.24, 2.45) is 16.6 Å².